The van der Waals surface area contributed by atoms with Gasteiger partial charge in [-0.1, -0.05) is 17.7 Å². The summed E-state index contributed by atoms with van der Waals surface area (Å²) in [4.78, 5) is 9.42. The van der Waals surface area contributed by atoms with Gasteiger partial charge in [-0.2, -0.15) is 18.2 Å². The van der Waals surface area contributed by atoms with Gasteiger partial charge in [-0.05, 0) is 32.0 Å². The summed E-state index contributed by atoms with van der Waals surface area (Å²) in [5, 5.41) is 0.512. The van der Waals surface area contributed by atoms with E-state index in [0.29, 0.717) is 17.3 Å². The molecule has 8 heteroatoms. The highest BCUT2D eigenvalue weighted by Gasteiger charge is 2.36. The van der Waals surface area contributed by atoms with E-state index in [-0.39, 0.29) is 12.6 Å². The SMILES string of the molecule is CCOc1nc(N(CC)c2cccc(Cl)c2)ncc1C(F)(F)F. The Hall–Kier alpha value is -2.02. The molecule has 124 valence electrons. The summed E-state index contributed by atoms with van der Waals surface area (Å²) in [5.74, 6) is -0.364. The van der Waals surface area contributed by atoms with E-state index < -0.39 is 17.6 Å². The van der Waals surface area contributed by atoms with Crippen LogP contribution in [0.15, 0.2) is 30.5 Å². The average molecular weight is 346 g/mol. The summed E-state index contributed by atoms with van der Waals surface area (Å²) in [5.41, 5.74) is -0.313. The first-order valence-corrected chi connectivity index (χ1v) is 7.34. The minimum atomic E-state index is -4.57. The van der Waals surface area contributed by atoms with Crippen LogP contribution in [0.2, 0.25) is 5.02 Å². The van der Waals surface area contributed by atoms with Crippen molar-refractivity contribution in [3.8, 4) is 5.88 Å². The van der Waals surface area contributed by atoms with Crippen LogP contribution in [0.25, 0.3) is 0 Å². The fourth-order valence-corrected chi connectivity index (χ4v) is 2.20. The maximum atomic E-state index is 13.0. The van der Waals surface area contributed by atoms with Crippen molar-refractivity contribution in [3.05, 3.63) is 41.0 Å². The van der Waals surface area contributed by atoms with Gasteiger partial charge in [0, 0.05) is 23.5 Å². The molecule has 0 spiro atoms. The monoisotopic (exact) mass is 345 g/mol. The molecular weight excluding hydrogens is 331 g/mol. The largest absolute Gasteiger partial charge is 0.477 e. The number of halogens is 4. The zero-order valence-corrected chi connectivity index (χ0v) is 13.3. The summed E-state index contributed by atoms with van der Waals surface area (Å²) in [6.45, 7) is 3.96. The van der Waals surface area contributed by atoms with E-state index >= 15 is 0 Å². The predicted molar refractivity (Wildman–Crippen MR) is 82.3 cm³/mol. The molecule has 0 saturated carbocycles. The first kappa shape index (κ1) is 17.3. The van der Waals surface area contributed by atoms with E-state index in [1.165, 1.54) is 0 Å². The Bertz CT molecular complexity index is 679. The van der Waals surface area contributed by atoms with E-state index in [0.717, 1.165) is 6.20 Å². The molecule has 0 saturated heterocycles. The van der Waals surface area contributed by atoms with Crippen molar-refractivity contribution in [2.45, 2.75) is 20.0 Å². The van der Waals surface area contributed by atoms with Gasteiger partial charge < -0.3 is 9.64 Å². The molecule has 4 nitrogen and oxygen atoms in total. The lowest BCUT2D eigenvalue weighted by atomic mass is 10.3. The van der Waals surface area contributed by atoms with Crippen LogP contribution in [0.4, 0.5) is 24.8 Å². The second kappa shape index (κ2) is 7.04. The quantitative estimate of drug-likeness (QED) is 0.787. The number of hydrogen-bond acceptors (Lipinski definition) is 4. The van der Waals surface area contributed by atoms with Crippen molar-refractivity contribution < 1.29 is 17.9 Å². The maximum Gasteiger partial charge on any atom is 0.423 e. The van der Waals surface area contributed by atoms with E-state index in [4.69, 9.17) is 16.3 Å². The van der Waals surface area contributed by atoms with Gasteiger partial charge in [0.15, 0.2) is 0 Å². The normalized spacial score (nSPS) is 11.4. The molecule has 1 aromatic carbocycles. The molecule has 0 aliphatic rings. The van der Waals surface area contributed by atoms with E-state index in [1.54, 1.807) is 36.1 Å². The van der Waals surface area contributed by atoms with Crippen LogP contribution >= 0.6 is 11.6 Å². The Kier molecular flexibility index (Phi) is 5.30. The lowest BCUT2D eigenvalue weighted by Crippen LogP contribution is -2.20. The molecule has 2 rings (SSSR count). The smallest absolute Gasteiger partial charge is 0.423 e. The standard InChI is InChI=1S/C15H15ClF3N3O/c1-3-22(11-7-5-6-10(16)8-11)14-20-9-12(15(17,18)19)13(21-14)23-4-2/h5-9H,3-4H2,1-2H3. The second-order valence-electron chi connectivity index (χ2n) is 4.54. The Morgan fingerprint density at radius 2 is 2.00 bits per heavy atom. The first-order valence-electron chi connectivity index (χ1n) is 6.97. The third kappa shape index (κ3) is 4.04. The molecule has 0 amide bonds. The number of hydrogen-bond donors (Lipinski definition) is 0. The molecule has 0 bridgehead atoms. The molecule has 0 radical (unpaired) electrons. The van der Waals surface area contributed by atoms with Gasteiger partial charge in [0.2, 0.25) is 11.8 Å². The summed E-state index contributed by atoms with van der Waals surface area (Å²) in [6, 6.07) is 6.91. The highest BCUT2D eigenvalue weighted by molar-refractivity contribution is 6.30. The van der Waals surface area contributed by atoms with Crippen molar-refractivity contribution in [3.63, 3.8) is 0 Å². The fourth-order valence-electron chi connectivity index (χ4n) is 2.01. The van der Waals surface area contributed by atoms with E-state index in [2.05, 4.69) is 9.97 Å². The molecule has 1 aromatic heterocycles. The molecule has 0 N–H and O–H groups in total. The lowest BCUT2D eigenvalue weighted by Gasteiger charge is -2.22. The predicted octanol–water partition coefficient (Wildman–Crippen LogP) is 4.71. The number of ether oxygens (including phenoxy) is 1. The average Bonchev–Trinajstić information content (AvgIpc) is 2.47. The van der Waals surface area contributed by atoms with Crippen molar-refractivity contribution in [1.82, 2.24) is 9.97 Å². The molecule has 0 aliphatic heterocycles. The number of anilines is 2. The second-order valence-corrected chi connectivity index (χ2v) is 4.98. The molecule has 0 atom stereocenters. The Labute approximate surface area is 136 Å². The summed E-state index contributed by atoms with van der Waals surface area (Å²) in [7, 11) is 0. The van der Waals surface area contributed by atoms with E-state index in [1.807, 2.05) is 6.92 Å². The van der Waals surface area contributed by atoms with Gasteiger partial charge in [-0.3, -0.25) is 0 Å². The third-order valence-corrected chi connectivity index (χ3v) is 3.24. The van der Waals surface area contributed by atoms with Crippen LogP contribution < -0.4 is 9.64 Å². The van der Waals surface area contributed by atoms with Crippen molar-refractivity contribution in [1.29, 1.82) is 0 Å². The van der Waals surface area contributed by atoms with Gasteiger partial charge in [-0.15, -0.1) is 0 Å². The zero-order chi connectivity index (χ0) is 17.0. The zero-order valence-electron chi connectivity index (χ0n) is 12.6. The van der Waals surface area contributed by atoms with Crippen molar-refractivity contribution >= 4 is 23.2 Å². The minimum Gasteiger partial charge on any atom is -0.477 e. The highest BCUT2D eigenvalue weighted by atomic mass is 35.5. The van der Waals surface area contributed by atoms with Gasteiger partial charge in [0.05, 0.1) is 6.61 Å². The maximum absolute atomic E-state index is 13.0. The number of nitrogens with zero attached hydrogens (tertiary/aromatic N) is 3. The molecule has 1 heterocycles. The molecule has 2 aromatic rings. The highest BCUT2D eigenvalue weighted by Crippen LogP contribution is 2.36. The van der Waals surface area contributed by atoms with Crippen LogP contribution in [-0.4, -0.2) is 23.1 Å². The van der Waals surface area contributed by atoms with Gasteiger partial charge >= 0.3 is 6.18 Å². The Morgan fingerprint density at radius 1 is 1.26 bits per heavy atom. The van der Waals surface area contributed by atoms with Crippen molar-refractivity contribution in [2.24, 2.45) is 0 Å². The van der Waals surface area contributed by atoms with Crippen LogP contribution in [0.3, 0.4) is 0 Å². The Morgan fingerprint density at radius 3 is 2.57 bits per heavy atom. The van der Waals surface area contributed by atoms with Gasteiger partial charge in [0.1, 0.15) is 5.56 Å². The lowest BCUT2D eigenvalue weighted by molar-refractivity contribution is -0.139. The summed E-state index contributed by atoms with van der Waals surface area (Å²) >= 11 is 5.96. The minimum absolute atomic E-state index is 0.0722. The number of rotatable bonds is 5. The number of aromatic nitrogens is 2. The van der Waals surface area contributed by atoms with E-state index in [9.17, 15) is 13.2 Å². The molecule has 0 fully saturated rings. The first-order chi connectivity index (χ1) is 10.9. The number of benzene rings is 1. The number of alkyl halides is 3. The Balaban J connectivity index is 2.47. The summed E-state index contributed by atoms with van der Waals surface area (Å²) < 4.78 is 43.9. The molecular formula is C15H15ClF3N3O. The van der Waals surface area contributed by atoms with Crippen LogP contribution in [0, 0.1) is 0 Å². The fraction of sp³-hybridized carbons (Fsp3) is 0.333. The van der Waals surface area contributed by atoms with Crippen LogP contribution in [0.5, 0.6) is 5.88 Å². The van der Waals surface area contributed by atoms with Gasteiger partial charge in [0.25, 0.3) is 0 Å². The molecule has 23 heavy (non-hydrogen) atoms. The van der Waals surface area contributed by atoms with Crippen molar-refractivity contribution in [2.75, 3.05) is 18.1 Å². The molecule has 0 aliphatic carbocycles. The summed E-state index contributed by atoms with van der Waals surface area (Å²) in [6.07, 6.45) is -3.84. The van der Waals surface area contributed by atoms with Crippen LogP contribution in [0.1, 0.15) is 19.4 Å². The topological polar surface area (TPSA) is 38.2 Å². The third-order valence-electron chi connectivity index (χ3n) is 3.01. The molecule has 0 unspecified atom stereocenters. The van der Waals surface area contributed by atoms with Crippen LogP contribution in [-0.2, 0) is 6.18 Å². The van der Waals surface area contributed by atoms with Gasteiger partial charge in [-0.25, -0.2) is 4.98 Å².